The maximum Gasteiger partial charge on any atom is 0.342 e. The molecule has 1 aromatic carbocycles. The van der Waals surface area contributed by atoms with Crippen molar-refractivity contribution in [1.29, 1.82) is 0 Å². The summed E-state index contributed by atoms with van der Waals surface area (Å²) in [4.78, 5) is 15.9. The van der Waals surface area contributed by atoms with E-state index in [4.69, 9.17) is 9.47 Å². The molecule has 0 aliphatic carbocycles. The maximum absolute atomic E-state index is 12.5. The SMILES string of the molecule is COC(=O)c1c(CS(=O)(=O)c2ccccn2)ccc(Br)c1OC. The van der Waals surface area contributed by atoms with E-state index < -0.39 is 21.6 Å². The van der Waals surface area contributed by atoms with Gasteiger partial charge in [-0.25, -0.2) is 18.2 Å². The summed E-state index contributed by atoms with van der Waals surface area (Å²) in [5, 5.41) is -0.0577. The number of hydrogen-bond donors (Lipinski definition) is 0. The predicted molar refractivity (Wildman–Crippen MR) is 87.2 cm³/mol. The van der Waals surface area contributed by atoms with Crippen LogP contribution in [0.25, 0.3) is 0 Å². The number of halogens is 1. The summed E-state index contributed by atoms with van der Waals surface area (Å²) in [6.45, 7) is 0. The van der Waals surface area contributed by atoms with Crippen molar-refractivity contribution < 1.29 is 22.7 Å². The first-order chi connectivity index (χ1) is 10.9. The van der Waals surface area contributed by atoms with E-state index in [2.05, 4.69) is 20.9 Å². The number of sulfone groups is 1. The Balaban J connectivity index is 2.54. The summed E-state index contributed by atoms with van der Waals surface area (Å²) in [5.74, 6) is -0.835. The van der Waals surface area contributed by atoms with Gasteiger partial charge in [-0.05, 0) is 39.7 Å². The van der Waals surface area contributed by atoms with Crippen molar-refractivity contribution in [3.05, 3.63) is 52.1 Å². The maximum atomic E-state index is 12.5. The lowest BCUT2D eigenvalue weighted by Crippen LogP contribution is -2.13. The van der Waals surface area contributed by atoms with Gasteiger partial charge in [0, 0.05) is 6.20 Å². The first-order valence-electron chi connectivity index (χ1n) is 6.48. The van der Waals surface area contributed by atoms with E-state index in [0.29, 0.717) is 4.47 Å². The zero-order valence-electron chi connectivity index (χ0n) is 12.4. The Morgan fingerprint density at radius 3 is 2.52 bits per heavy atom. The Bertz CT molecular complexity index is 821. The van der Waals surface area contributed by atoms with E-state index in [0.717, 1.165) is 0 Å². The van der Waals surface area contributed by atoms with E-state index in [1.807, 2.05) is 0 Å². The van der Waals surface area contributed by atoms with Crippen molar-refractivity contribution in [1.82, 2.24) is 4.98 Å². The lowest BCUT2D eigenvalue weighted by Gasteiger charge is -2.14. The number of hydrogen-bond acceptors (Lipinski definition) is 6. The normalized spacial score (nSPS) is 11.1. The van der Waals surface area contributed by atoms with Crippen LogP contribution >= 0.6 is 15.9 Å². The zero-order chi connectivity index (χ0) is 17.0. The number of rotatable bonds is 5. The van der Waals surface area contributed by atoms with Gasteiger partial charge in [0.25, 0.3) is 0 Å². The van der Waals surface area contributed by atoms with Crippen LogP contribution in [0.1, 0.15) is 15.9 Å². The Morgan fingerprint density at radius 2 is 1.96 bits per heavy atom. The second kappa shape index (κ2) is 7.10. The molecule has 0 fully saturated rings. The quantitative estimate of drug-likeness (QED) is 0.718. The monoisotopic (exact) mass is 399 g/mol. The summed E-state index contributed by atoms with van der Waals surface area (Å²) >= 11 is 3.27. The molecule has 1 aromatic heterocycles. The van der Waals surface area contributed by atoms with Gasteiger partial charge < -0.3 is 9.47 Å². The molecule has 0 saturated heterocycles. The highest BCUT2D eigenvalue weighted by Crippen LogP contribution is 2.33. The molecular weight excluding hydrogens is 386 g/mol. The number of aromatic nitrogens is 1. The highest BCUT2D eigenvalue weighted by molar-refractivity contribution is 9.10. The fraction of sp³-hybridized carbons (Fsp3) is 0.200. The van der Waals surface area contributed by atoms with Crippen LogP contribution in [-0.2, 0) is 20.3 Å². The third-order valence-corrected chi connectivity index (χ3v) is 5.29. The van der Waals surface area contributed by atoms with Crippen molar-refractivity contribution in [2.45, 2.75) is 10.8 Å². The molecule has 0 spiro atoms. The van der Waals surface area contributed by atoms with Gasteiger partial charge in [-0.1, -0.05) is 12.1 Å². The molecule has 0 aliphatic rings. The van der Waals surface area contributed by atoms with E-state index in [1.54, 1.807) is 24.3 Å². The molecule has 0 saturated carbocycles. The van der Waals surface area contributed by atoms with E-state index >= 15 is 0 Å². The van der Waals surface area contributed by atoms with Crippen LogP contribution in [0, 0.1) is 0 Å². The molecule has 0 aliphatic heterocycles. The first-order valence-corrected chi connectivity index (χ1v) is 8.92. The van der Waals surface area contributed by atoms with E-state index in [-0.39, 0.29) is 21.9 Å². The predicted octanol–water partition coefficient (Wildman–Crippen LogP) is 2.61. The minimum absolute atomic E-state index is 0.0577. The number of methoxy groups -OCH3 is 2. The molecule has 122 valence electrons. The van der Waals surface area contributed by atoms with Gasteiger partial charge >= 0.3 is 5.97 Å². The van der Waals surface area contributed by atoms with Crippen LogP contribution < -0.4 is 4.74 Å². The molecule has 0 atom stereocenters. The van der Waals surface area contributed by atoms with E-state index in [1.165, 1.54) is 26.5 Å². The third-order valence-electron chi connectivity index (χ3n) is 3.09. The molecule has 23 heavy (non-hydrogen) atoms. The molecule has 2 rings (SSSR count). The standard InChI is InChI=1S/C15H14BrNO5S/c1-21-14-11(16)7-6-10(13(14)15(18)22-2)9-23(19,20)12-5-3-4-8-17-12/h3-8H,9H2,1-2H3. The number of esters is 1. The number of pyridine rings is 1. The average Bonchev–Trinajstić information content (AvgIpc) is 2.56. The number of carbonyl (C=O) groups is 1. The van der Waals surface area contributed by atoms with Gasteiger partial charge in [-0.15, -0.1) is 0 Å². The summed E-state index contributed by atoms with van der Waals surface area (Å²) in [6, 6.07) is 7.78. The number of benzene rings is 1. The van der Waals surface area contributed by atoms with Crippen molar-refractivity contribution in [3.63, 3.8) is 0 Å². The van der Waals surface area contributed by atoms with Crippen molar-refractivity contribution in [2.24, 2.45) is 0 Å². The van der Waals surface area contributed by atoms with Crippen LogP contribution in [0.3, 0.4) is 0 Å². The van der Waals surface area contributed by atoms with Crippen LogP contribution in [-0.4, -0.2) is 33.6 Å². The van der Waals surface area contributed by atoms with Gasteiger partial charge in [0.2, 0.25) is 0 Å². The molecule has 0 radical (unpaired) electrons. The Labute approximate surface area is 142 Å². The lowest BCUT2D eigenvalue weighted by atomic mass is 10.1. The molecule has 0 unspecified atom stereocenters. The smallest absolute Gasteiger partial charge is 0.342 e. The third kappa shape index (κ3) is 3.70. The highest BCUT2D eigenvalue weighted by atomic mass is 79.9. The average molecular weight is 400 g/mol. The van der Waals surface area contributed by atoms with Crippen LogP contribution in [0.2, 0.25) is 0 Å². The zero-order valence-corrected chi connectivity index (χ0v) is 14.8. The topological polar surface area (TPSA) is 82.6 Å². The molecule has 0 bridgehead atoms. The molecule has 2 aromatic rings. The number of nitrogens with zero attached hydrogens (tertiary/aromatic N) is 1. The van der Waals surface area contributed by atoms with Gasteiger partial charge in [0.15, 0.2) is 14.9 Å². The number of carbonyl (C=O) groups excluding carboxylic acids is 1. The highest BCUT2D eigenvalue weighted by Gasteiger charge is 2.25. The molecule has 0 N–H and O–H groups in total. The van der Waals surface area contributed by atoms with Crippen LogP contribution in [0.5, 0.6) is 5.75 Å². The second-order valence-electron chi connectivity index (χ2n) is 4.53. The summed E-state index contributed by atoms with van der Waals surface area (Å²) in [5.41, 5.74) is 0.353. The lowest BCUT2D eigenvalue weighted by molar-refractivity contribution is 0.0596. The van der Waals surface area contributed by atoms with Gasteiger partial charge in [0.05, 0.1) is 24.4 Å². The minimum Gasteiger partial charge on any atom is -0.495 e. The van der Waals surface area contributed by atoms with Crippen molar-refractivity contribution >= 4 is 31.7 Å². The summed E-state index contributed by atoms with van der Waals surface area (Å²) in [7, 11) is -1.09. The summed E-state index contributed by atoms with van der Waals surface area (Å²) in [6.07, 6.45) is 1.40. The summed E-state index contributed by atoms with van der Waals surface area (Å²) < 4.78 is 35.4. The van der Waals surface area contributed by atoms with Crippen LogP contribution in [0.4, 0.5) is 0 Å². The second-order valence-corrected chi connectivity index (χ2v) is 7.32. The van der Waals surface area contributed by atoms with Gasteiger partial charge in [-0.2, -0.15) is 0 Å². The molecule has 1 heterocycles. The van der Waals surface area contributed by atoms with Crippen molar-refractivity contribution in [2.75, 3.05) is 14.2 Å². The fourth-order valence-electron chi connectivity index (χ4n) is 2.05. The molecule has 6 nitrogen and oxygen atoms in total. The van der Waals surface area contributed by atoms with E-state index in [9.17, 15) is 13.2 Å². The largest absolute Gasteiger partial charge is 0.495 e. The van der Waals surface area contributed by atoms with Gasteiger partial charge in [-0.3, -0.25) is 0 Å². The molecule has 8 heteroatoms. The minimum atomic E-state index is -3.71. The number of ether oxygens (including phenoxy) is 2. The fourth-order valence-corrected chi connectivity index (χ4v) is 3.85. The molecule has 0 amide bonds. The Kier molecular flexibility index (Phi) is 5.38. The molecular formula is C15H14BrNO5S. The van der Waals surface area contributed by atoms with Gasteiger partial charge in [0.1, 0.15) is 11.3 Å². The Morgan fingerprint density at radius 1 is 1.22 bits per heavy atom. The van der Waals surface area contributed by atoms with Crippen molar-refractivity contribution in [3.8, 4) is 5.75 Å². The first kappa shape index (κ1) is 17.4. The van der Waals surface area contributed by atoms with Crippen LogP contribution in [0.15, 0.2) is 46.0 Å². The Hall–Kier alpha value is -1.93.